The molecule has 3 atom stereocenters. The van der Waals surface area contributed by atoms with E-state index in [1.54, 1.807) is 43.7 Å². The lowest BCUT2D eigenvalue weighted by molar-refractivity contribution is 0.0504. The van der Waals surface area contributed by atoms with Crippen molar-refractivity contribution in [2.75, 3.05) is 57.8 Å². The van der Waals surface area contributed by atoms with Gasteiger partial charge >= 0.3 is 0 Å². The van der Waals surface area contributed by atoms with E-state index in [-0.39, 0.29) is 18.2 Å². The highest BCUT2D eigenvalue weighted by molar-refractivity contribution is 7.70. The Morgan fingerprint density at radius 3 is 2.45 bits per heavy atom. The van der Waals surface area contributed by atoms with Gasteiger partial charge in [-0.1, -0.05) is 37.8 Å². The summed E-state index contributed by atoms with van der Waals surface area (Å²) in [5.41, 5.74) is 1.42. The van der Waals surface area contributed by atoms with Crippen molar-refractivity contribution in [3.05, 3.63) is 46.8 Å². The average Bonchev–Trinajstić information content (AvgIpc) is 3.26. The number of halogens is 3. The van der Waals surface area contributed by atoms with Crippen molar-refractivity contribution in [3.63, 3.8) is 0 Å². The van der Waals surface area contributed by atoms with Crippen LogP contribution >= 0.6 is 18.5 Å². The Hall–Kier alpha value is -2.66. The van der Waals surface area contributed by atoms with Crippen molar-refractivity contribution in [2.24, 2.45) is 11.8 Å². The molecule has 40 heavy (non-hydrogen) atoms. The van der Waals surface area contributed by atoms with Crippen molar-refractivity contribution in [2.45, 2.75) is 32.5 Å². The summed E-state index contributed by atoms with van der Waals surface area (Å²) in [7, 11) is 1.19. The van der Waals surface area contributed by atoms with Crippen LogP contribution in [0.4, 0.5) is 24.5 Å². The number of nitrogens with one attached hydrogen (secondary N) is 2. The van der Waals surface area contributed by atoms with Crippen LogP contribution in [0.2, 0.25) is 0 Å². The third kappa shape index (κ3) is 6.62. The number of thiophene rings is 1. The van der Waals surface area contributed by atoms with Gasteiger partial charge in [-0.05, 0) is 56.5 Å². The number of likely N-dealkylation sites (tertiary alicyclic amines) is 1. The van der Waals surface area contributed by atoms with Gasteiger partial charge in [0, 0.05) is 35.4 Å². The number of ether oxygens (including phenoxy) is 1. The van der Waals surface area contributed by atoms with Crippen molar-refractivity contribution >= 4 is 45.2 Å². The average molecular weight is 592 g/mol. The van der Waals surface area contributed by atoms with E-state index in [0.29, 0.717) is 38.8 Å². The second-order valence-electron chi connectivity index (χ2n) is 11.0. The molecule has 2 N–H and O–H groups in total. The maximum Gasteiger partial charge on any atom is 0.273 e. The lowest BCUT2D eigenvalue weighted by atomic mass is 9.86. The van der Waals surface area contributed by atoms with E-state index >= 15 is 0 Å². The summed E-state index contributed by atoms with van der Waals surface area (Å²) in [5.74, 6) is 7.21. The Labute approximate surface area is 238 Å². The minimum absolute atomic E-state index is 0.0563. The first-order valence-corrected chi connectivity index (χ1v) is 16.7. The van der Waals surface area contributed by atoms with Crippen molar-refractivity contribution in [1.29, 1.82) is 0 Å². The molecule has 0 spiro atoms. The highest BCUT2D eigenvalue weighted by atomic mass is 32.1. The summed E-state index contributed by atoms with van der Waals surface area (Å²) in [6.45, 7) is 9.88. The molecule has 4 rings (SSSR count). The molecule has 3 aromatic rings. The maximum atomic E-state index is 15.0. The second kappa shape index (κ2) is 12.5. The summed E-state index contributed by atoms with van der Waals surface area (Å²) in [4.78, 5) is 2.61. The monoisotopic (exact) mass is 591 g/mol. The predicted octanol–water partition coefficient (Wildman–Crippen LogP) is 6.90. The zero-order valence-electron chi connectivity index (χ0n) is 23.7. The first-order chi connectivity index (χ1) is 18.9. The van der Waals surface area contributed by atoms with Gasteiger partial charge in [0.2, 0.25) is 0 Å². The summed E-state index contributed by atoms with van der Waals surface area (Å²) >= 11 is 1.24. The van der Waals surface area contributed by atoms with Crippen molar-refractivity contribution < 1.29 is 22.5 Å². The van der Waals surface area contributed by atoms with E-state index in [0.717, 1.165) is 23.5 Å². The number of hydrogen-bond acceptors (Lipinski definition) is 6. The maximum absolute atomic E-state index is 15.0. The summed E-state index contributed by atoms with van der Waals surface area (Å²) < 4.78 is 60.8. The van der Waals surface area contributed by atoms with Crippen LogP contribution < -0.4 is 20.7 Å². The largest absolute Gasteiger partial charge is 0.495 e. The Bertz CT molecular complexity index is 1450. The quantitative estimate of drug-likeness (QED) is 0.221. The van der Waals surface area contributed by atoms with Crippen molar-refractivity contribution in [1.82, 2.24) is 4.90 Å². The minimum atomic E-state index is -3.15. The van der Waals surface area contributed by atoms with Crippen LogP contribution in [0.1, 0.15) is 30.5 Å². The molecule has 0 aliphatic carbocycles. The molecule has 1 aliphatic rings. The zero-order valence-corrected chi connectivity index (χ0v) is 25.4. The molecule has 1 saturated heterocycles. The lowest BCUT2D eigenvalue weighted by Crippen LogP contribution is -2.49. The Balaban J connectivity index is 1.63. The summed E-state index contributed by atoms with van der Waals surface area (Å²) in [5, 5.41) is 7.97. The van der Waals surface area contributed by atoms with Crippen LogP contribution in [-0.4, -0.2) is 64.5 Å². The molecule has 10 heteroatoms. The van der Waals surface area contributed by atoms with E-state index < -0.39 is 19.7 Å². The molecule has 5 nitrogen and oxygen atoms in total. The topological polar surface area (TPSA) is 53.6 Å². The van der Waals surface area contributed by atoms with Crippen LogP contribution in [0, 0.1) is 23.7 Å². The fourth-order valence-electron chi connectivity index (χ4n) is 5.48. The molecular formula is C30H37F3N3O2PS. The van der Waals surface area contributed by atoms with Crippen LogP contribution in [0.25, 0.3) is 10.1 Å². The number of nitrogens with zero attached hydrogens (tertiary/aromatic N) is 1. The molecule has 0 bridgehead atoms. The Morgan fingerprint density at radius 2 is 1.82 bits per heavy atom. The van der Waals surface area contributed by atoms with Crippen LogP contribution in [-0.2, 0) is 4.57 Å². The molecule has 2 aromatic carbocycles. The first-order valence-electron chi connectivity index (χ1n) is 13.3. The number of fused-ring (bicyclic) bond motifs is 1. The van der Waals surface area contributed by atoms with E-state index in [9.17, 15) is 17.7 Å². The Morgan fingerprint density at radius 1 is 1.12 bits per heavy atom. The molecule has 0 amide bonds. The highest BCUT2D eigenvalue weighted by Crippen LogP contribution is 2.43. The highest BCUT2D eigenvalue weighted by Gasteiger charge is 2.32. The lowest BCUT2D eigenvalue weighted by Gasteiger charge is -2.40. The molecule has 0 saturated carbocycles. The molecule has 0 radical (unpaired) electrons. The fourth-order valence-corrected chi connectivity index (χ4v) is 7.53. The van der Waals surface area contributed by atoms with E-state index in [4.69, 9.17) is 4.74 Å². The number of hydrogen-bond donors (Lipinski definition) is 2. The summed E-state index contributed by atoms with van der Waals surface area (Å²) in [6.07, 6.45) is -5.59. The van der Waals surface area contributed by atoms with Gasteiger partial charge in [-0.2, -0.15) is 0 Å². The van der Waals surface area contributed by atoms with Crippen LogP contribution in [0.5, 0.6) is 5.75 Å². The Kier molecular flexibility index (Phi) is 9.44. The number of anilines is 2. The molecule has 216 valence electrons. The first kappa shape index (κ1) is 30.3. The van der Waals surface area contributed by atoms with Gasteiger partial charge in [-0.3, -0.25) is 0 Å². The minimum Gasteiger partial charge on any atom is -0.495 e. The van der Waals surface area contributed by atoms with E-state index in [2.05, 4.69) is 48.3 Å². The molecule has 3 unspecified atom stereocenters. The van der Waals surface area contributed by atoms with Crippen molar-refractivity contribution in [3.8, 4) is 17.6 Å². The second-order valence-corrected chi connectivity index (χ2v) is 15.2. The van der Waals surface area contributed by atoms with E-state index in [1.165, 1.54) is 18.4 Å². The number of methoxy groups -OCH3 is 1. The normalized spacial score (nSPS) is 20.7. The van der Waals surface area contributed by atoms with Gasteiger partial charge in [-0.25, -0.2) is 13.2 Å². The summed E-state index contributed by atoms with van der Waals surface area (Å²) in [6, 6.07) is 10.9. The molecule has 1 fully saturated rings. The number of alkyl halides is 3. The SMILES string of the molecule is COc1cc(P(C)(C)=O)ccc1NCC#Cc1sc2c(NC3C(C)CN(C)CC3C)cccc2c1C(F)C(F)F. The zero-order chi connectivity index (χ0) is 29.2. The van der Waals surface area contributed by atoms with Gasteiger partial charge in [0.25, 0.3) is 6.43 Å². The van der Waals surface area contributed by atoms with Crippen LogP contribution in [0.15, 0.2) is 36.4 Å². The van der Waals surface area contributed by atoms with Gasteiger partial charge in [0.05, 0.1) is 34.6 Å². The van der Waals surface area contributed by atoms with E-state index in [1.807, 2.05) is 6.07 Å². The van der Waals surface area contributed by atoms with Gasteiger partial charge < -0.3 is 24.8 Å². The molecular weight excluding hydrogens is 554 g/mol. The number of piperidine rings is 1. The molecule has 1 aliphatic heterocycles. The third-order valence-electron chi connectivity index (χ3n) is 7.37. The number of benzene rings is 2. The standard InChI is InChI=1S/C30H37F3N3O2PS/c1-18-16-36(3)17-19(2)28(18)35-23-10-7-9-21-26(27(31)30(32)33)25(40-29(21)23)11-8-14-34-22-13-12-20(39(5,6)37)15-24(22)38-4/h7,9-10,12-13,15,18-19,27-28,30,34-35H,14,16-17H2,1-6H3. The molecule has 2 heterocycles. The van der Waals surface area contributed by atoms with Gasteiger partial charge in [0.15, 0.2) is 6.17 Å². The smallest absolute Gasteiger partial charge is 0.273 e. The third-order valence-corrected chi connectivity index (χ3v) is 10.1. The van der Waals surface area contributed by atoms with Crippen LogP contribution in [0.3, 0.4) is 0 Å². The van der Waals surface area contributed by atoms with Gasteiger partial charge in [-0.15, -0.1) is 11.3 Å². The fraction of sp³-hybridized carbons (Fsp3) is 0.467. The number of rotatable bonds is 8. The van der Waals surface area contributed by atoms with Gasteiger partial charge in [0.1, 0.15) is 12.9 Å². The molecule has 1 aromatic heterocycles. The predicted molar refractivity (Wildman–Crippen MR) is 162 cm³/mol.